The maximum Gasteiger partial charge on any atom is 0.409 e. The van der Waals surface area contributed by atoms with E-state index in [0.717, 1.165) is 69.3 Å². The van der Waals surface area contributed by atoms with Gasteiger partial charge < -0.3 is 29.9 Å². The number of phenolic OH excluding ortho intramolecular Hbond substituents is 1. The van der Waals surface area contributed by atoms with Gasteiger partial charge in [-0.25, -0.2) is 22.3 Å². The number of fused-ring (bicyclic) bond motifs is 1. The first-order valence-corrected chi connectivity index (χ1v) is 21.3. The molecule has 4 amide bonds. The number of sulfonamides is 1. The Balaban J connectivity index is 0.000000216. The molecular formula is C39H56BrN5O7S. The number of anilines is 1. The fourth-order valence-corrected chi connectivity index (χ4v) is 9.89. The number of nitrogens with one attached hydrogen (secondary N) is 1. The third-order valence-corrected chi connectivity index (χ3v) is 14.3. The van der Waals surface area contributed by atoms with E-state index in [9.17, 15) is 27.9 Å². The van der Waals surface area contributed by atoms with E-state index in [1.807, 2.05) is 47.1 Å². The van der Waals surface area contributed by atoms with Gasteiger partial charge in [-0.2, -0.15) is 0 Å². The number of benzene rings is 2. The molecule has 3 fully saturated rings. The number of hydrogen-bond donors (Lipinski definition) is 2. The summed E-state index contributed by atoms with van der Waals surface area (Å²) in [5.41, 5.74) is 3.11. The number of phenols is 1. The van der Waals surface area contributed by atoms with Gasteiger partial charge in [0.05, 0.1) is 16.8 Å². The number of nitrogens with zero attached hydrogens (tertiary/aromatic N) is 4. The van der Waals surface area contributed by atoms with Crippen LogP contribution in [0.25, 0.3) is 0 Å². The second-order valence-corrected chi connectivity index (χ2v) is 18.4. The van der Waals surface area contributed by atoms with E-state index in [1.54, 1.807) is 29.1 Å². The molecule has 0 aromatic heterocycles. The van der Waals surface area contributed by atoms with E-state index in [4.69, 9.17) is 4.74 Å². The highest BCUT2D eigenvalue weighted by Gasteiger charge is 2.36. The molecule has 2 aromatic carbocycles. The molecule has 1 atom stereocenters. The minimum Gasteiger partial charge on any atom is -0.507 e. The van der Waals surface area contributed by atoms with Crippen molar-refractivity contribution in [3.63, 3.8) is 0 Å². The van der Waals surface area contributed by atoms with Crippen LogP contribution in [0, 0.1) is 17.8 Å². The topological polar surface area (TPSA) is 140 Å². The van der Waals surface area contributed by atoms with Gasteiger partial charge in [0.25, 0.3) is 0 Å². The fourth-order valence-electron chi connectivity index (χ4n) is 8.15. The Hall–Kier alpha value is -3.36. The molecule has 0 radical (unpaired) electrons. The zero-order chi connectivity index (χ0) is 38.3. The average Bonchev–Trinajstić information content (AvgIpc) is 3.34. The summed E-state index contributed by atoms with van der Waals surface area (Å²) in [6.45, 7) is 10.3. The number of amides is 4. The third kappa shape index (κ3) is 10.2. The molecule has 0 aliphatic carbocycles. The minimum absolute atomic E-state index is 0.0403. The maximum atomic E-state index is 12.9. The van der Waals surface area contributed by atoms with Crippen LogP contribution in [0.4, 0.5) is 15.3 Å². The highest BCUT2D eigenvalue weighted by Crippen LogP contribution is 2.34. The van der Waals surface area contributed by atoms with E-state index in [0.29, 0.717) is 55.5 Å². The van der Waals surface area contributed by atoms with Crippen LogP contribution in [0.2, 0.25) is 0 Å². The average molecular weight is 819 g/mol. The quantitative estimate of drug-likeness (QED) is 0.333. The molecule has 4 aliphatic rings. The normalized spacial score (nSPS) is 20.2. The molecule has 0 saturated carbocycles. The second-order valence-electron chi connectivity index (χ2n) is 15.1. The second kappa shape index (κ2) is 18.3. The lowest BCUT2D eigenvalue weighted by Crippen LogP contribution is -2.50. The lowest BCUT2D eigenvalue weighted by molar-refractivity contribution is -0.136. The van der Waals surface area contributed by atoms with Crippen molar-refractivity contribution in [1.82, 2.24) is 19.0 Å². The number of halogens is 1. The molecule has 2 aromatic rings. The SMILES string of the molecule is CC(C)S(=O)(=O)N1CCC(C2CCN(C(=O)[C@H](C)Cc3ccc(O)c(Br)c3)CC2)CC1.COC(=O)N1CCC(N2CCc3ccccc3NC2=O)CC1. The minimum atomic E-state index is -3.15. The largest absolute Gasteiger partial charge is 0.507 e. The number of carbonyl (C=O) groups excluding carboxylic acids is 3. The van der Waals surface area contributed by atoms with Gasteiger partial charge in [0, 0.05) is 63.5 Å². The number of methoxy groups -OCH3 is 1. The van der Waals surface area contributed by atoms with Crippen LogP contribution in [0.3, 0.4) is 0 Å². The number of piperidine rings is 3. The van der Waals surface area contributed by atoms with Gasteiger partial charge in [-0.1, -0.05) is 31.2 Å². The first-order chi connectivity index (χ1) is 25.3. The van der Waals surface area contributed by atoms with Crippen LogP contribution in [0.5, 0.6) is 5.75 Å². The molecule has 2 N–H and O–H groups in total. The Morgan fingerprint density at radius 2 is 1.49 bits per heavy atom. The summed E-state index contributed by atoms with van der Waals surface area (Å²) in [7, 11) is -1.75. The number of rotatable bonds is 7. The monoisotopic (exact) mass is 817 g/mol. The molecule has 4 aliphatic heterocycles. The molecule has 292 valence electrons. The van der Waals surface area contributed by atoms with Crippen molar-refractivity contribution < 1.29 is 32.6 Å². The molecule has 14 heteroatoms. The Kier molecular flexibility index (Phi) is 14.1. The van der Waals surface area contributed by atoms with Crippen LogP contribution in [-0.4, -0.2) is 115 Å². The summed E-state index contributed by atoms with van der Waals surface area (Å²) in [5.74, 6) is 1.44. The maximum absolute atomic E-state index is 12.9. The number of likely N-dealkylation sites (tertiary alicyclic amines) is 2. The Labute approximate surface area is 323 Å². The molecule has 6 rings (SSSR count). The predicted octanol–water partition coefficient (Wildman–Crippen LogP) is 6.33. The summed E-state index contributed by atoms with van der Waals surface area (Å²) in [5, 5.41) is 12.3. The highest BCUT2D eigenvalue weighted by atomic mass is 79.9. The van der Waals surface area contributed by atoms with Crippen molar-refractivity contribution in [3.05, 3.63) is 58.1 Å². The Morgan fingerprint density at radius 1 is 0.887 bits per heavy atom. The number of carbonyl (C=O) groups is 3. The first kappa shape index (κ1) is 40.8. The van der Waals surface area contributed by atoms with Crippen LogP contribution >= 0.6 is 15.9 Å². The van der Waals surface area contributed by atoms with Gasteiger partial charge in [-0.15, -0.1) is 0 Å². The number of urea groups is 1. The number of para-hydroxylation sites is 1. The first-order valence-electron chi connectivity index (χ1n) is 19.0. The summed E-state index contributed by atoms with van der Waals surface area (Å²) >= 11 is 3.33. The molecule has 0 unspecified atom stereocenters. The van der Waals surface area contributed by atoms with Crippen molar-refractivity contribution in [2.45, 2.75) is 83.4 Å². The van der Waals surface area contributed by atoms with Gasteiger partial charge >= 0.3 is 12.1 Å². The smallest absolute Gasteiger partial charge is 0.409 e. The summed E-state index contributed by atoms with van der Waals surface area (Å²) < 4.78 is 31.8. The zero-order valence-corrected chi connectivity index (χ0v) is 33.9. The van der Waals surface area contributed by atoms with Crippen molar-refractivity contribution in [1.29, 1.82) is 0 Å². The highest BCUT2D eigenvalue weighted by molar-refractivity contribution is 9.10. The van der Waals surface area contributed by atoms with Crippen LogP contribution in [0.15, 0.2) is 46.9 Å². The van der Waals surface area contributed by atoms with Gasteiger partial charge in [0.2, 0.25) is 15.9 Å². The van der Waals surface area contributed by atoms with Gasteiger partial charge in [-0.05, 0) is 122 Å². The Morgan fingerprint density at radius 3 is 2.09 bits per heavy atom. The van der Waals surface area contributed by atoms with E-state index < -0.39 is 10.0 Å². The van der Waals surface area contributed by atoms with Gasteiger partial charge in [0.1, 0.15) is 5.75 Å². The zero-order valence-electron chi connectivity index (χ0n) is 31.5. The van der Waals surface area contributed by atoms with E-state index >= 15 is 0 Å². The van der Waals surface area contributed by atoms with Crippen LogP contribution in [0.1, 0.15) is 70.4 Å². The van der Waals surface area contributed by atoms with Gasteiger partial charge in [-0.3, -0.25) is 4.79 Å². The molecular weight excluding hydrogens is 762 g/mol. The van der Waals surface area contributed by atoms with Crippen molar-refractivity contribution in [2.24, 2.45) is 17.8 Å². The number of ether oxygens (including phenoxy) is 1. The lowest BCUT2D eigenvalue weighted by atomic mass is 9.79. The van der Waals surface area contributed by atoms with Gasteiger partial charge in [0.15, 0.2) is 0 Å². The van der Waals surface area contributed by atoms with Crippen LogP contribution in [-0.2, 0) is 32.4 Å². The molecule has 0 spiro atoms. The summed E-state index contributed by atoms with van der Waals surface area (Å²) in [4.78, 5) is 42.5. The molecule has 3 saturated heterocycles. The summed E-state index contributed by atoms with van der Waals surface area (Å²) in [6, 6.07) is 13.4. The van der Waals surface area contributed by atoms with Crippen molar-refractivity contribution >= 4 is 49.7 Å². The molecule has 53 heavy (non-hydrogen) atoms. The molecule has 0 bridgehead atoms. The number of aromatic hydroxyl groups is 1. The third-order valence-electron chi connectivity index (χ3n) is 11.4. The van der Waals surface area contributed by atoms with Crippen molar-refractivity contribution in [3.8, 4) is 5.75 Å². The fraction of sp³-hybridized carbons (Fsp3) is 0.615. The predicted molar refractivity (Wildman–Crippen MR) is 209 cm³/mol. The molecule has 12 nitrogen and oxygen atoms in total. The van der Waals surface area contributed by atoms with E-state index in [1.165, 1.54) is 12.7 Å². The van der Waals surface area contributed by atoms with E-state index in [2.05, 4.69) is 27.3 Å². The van der Waals surface area contributed by atoms with Crippen molar-refractivity contribution in [2.75, 3.05) is 58.2 Å². The number of hydrogen-bond acceptors (Lipinski definition) is 7. The van der Waals surface area contributed by atoms with Crippen LogP contribution < -0.4 is 5.32 Å². The summed E-state index contributed by atoms with van der Waals surface area (Å²) in [6.07, 6.45) is 6.67. The van der Waals surface area contributed by atoms with E-state index in [-0.39, 0.29) is 41.0 Å². The Bertz CT molecular complexity index is 1680. The molecule has 4 heterocycles. The lowest BCUT2D eigenvalue weighted by Gasteiger charge is -2.40. The standard InChI is InChI=1S/C23H35BrN2O4S.C16H21N3O3/c1-16(2)31(29,30)26-12-8-20(9-13-26)19-6-10-25(11-7-19)23(28)17(3)14-18-4-5-22(27)21(24)15-18;1-22-16(21)18-9-7-13(8-10-18)19-11-6-12-4-2-3-5-14(12)17-15(19)20/h4-5,15-17,19-20,27H,6-14H2,1-3H3;2-5,13H,6-11H2,1H3,(H,17,20)/t17-;/m1./s1.